The number of likely N-dealkylation sites (tertiary alicyclic amines) is 1. The van der Waals surface area contributed by atoms with Gasteiger partial charge in [0.1, 0.15) is 5.82 Å². The smallest absolute Gasteiger partial charge is 0.257 e. The molecule has 2 unspecified atom stereocenters. The van der Waals surface area contributed by atoms with E-state index in [-0.39, 0.29) is 36.4 Å². The summed E-state index contributed by atoms with van der Waals surface area (Å²) in [6, 6.07) is 15.5. The Kier molecular flexibility index (Phi) is 6.07. The molecule has 2 saturated heterocycles. The minimum Gasteiger partial charge on any atom is -0.361 e. The van der Waals surface area contributed by atoms with Crippen molar-refractivity contribution in [2.75, 3.05) is 53.4 Å². The van der Waals surface area contributed by atoms with Gasteiger partial charge in [-0.25, -0.2) is 4.39 Å². The fourth-order valence-electron chi connectivity index (χ4n) is 4.50. The summed E-state index contributed by atoms with van der Waals surface area (Å²) in [5.41, 5.74) is 0.168. The molecule has 7 heteroatoms. The summed E-state index contributed by atoms with van der Waals surface area (Å²) in [4.78, 5) is 32.2. The molecular weight excluding hydrogens is 397 g/mol. The molecule has 4 rings (SSSR count). The second-order valence-corrected chi connectivity index (χ2v) is 8.49. The van der Waals surface area contributed by atoms with Gasteiger partial charge >= 0.3 is 0 Å². The highest BCUT2D eigenvalue weighted by Gasteiger charge is 2.58. The molecule has 0 saturated carbocycles. The van der Waals surface area contributed by atoms with Crippen LogP contribution < -0.4 is 0 Å². The van der Waals surface area contributed by atoms with Gasteiger partial charge in [-0.15, -0.1) is 0 Å². The Morgan fingerprint density at radius 1 is 1.19 bits per heavy atom. The Labute approximate surface area is 182 Å². The van der Waals surface area contributed by atoms with Gasteiger partial charge in [-0.3, -0.25) is 9.59 Å². The predicted molar refractivity (Wildman–Crippen MR) is 115 cm³/mol. The first-order chi connectivity index (χ1) is 14.9. The molecule has 2 aliphatic heterocycles. The monoisotopic (exact) mass is 425 g/mol. The third kappa shape index (κ3) is 4.20. The Morgan fingerprint density at radius 3 is 2.68 bits per heavy atom. The van der Waals surface area contributed by atoms with E-state index in [1.807, 2.05) is 54.2 Å². The van der Waals surface area contributed by atoms with Crippen LogP contribution in [0.3, 0.4) is 0 Å². The number of hydrogen-bond acceptors (Lipinski definition) is 4. The molecule has 0 radical (unpaired) electrons. The average molecular weight is 426 g/mol. The van der Waals surface area contributed by atoms with Crippen molar-refractivity contribution in [3.63, 3.8) is 0 Å². The van der Waals surface area contributed by atoms with Crippen molar-refractivity contribution < 1.29 is 18.7 Å². The molecule has 2 atom stereocenters. The van der Waals surface area contributed by atoms with Gasteiger partial charge in [-0.05, 0) is 37.9 Å². The van der Waals surface area contributed by atoms with Crippen LogP contribution in [0.15, 0.2) is 54.6 Å². The summed E-state index contributed by atoms with van der Waals surface area (Å²) < 4.78 is 19.9. The Hall–Kier alpha value is -2.77. The highest BCUT2D eigenvalue weighted by atomic mass is 19.1. The SMILES string of the molecule is CN(C)CCN1CC(c2ccccc2)C2(CN(C(=O)c3cccc(F)c3)CCO2)C1=O. The van der Waals surface area contributed by atoms with Crippen molar-refractivity contribution in [3.05, 3.63) is 71.5 Å². The van der Waals surface area contributed by atoms with Crippen LogP contribution in [0.25, 0.3) is 0 Å². The number of morpholine rings is 1. The normalized spacial score (nSPS) is 23.7. The minimum atomic E-state index is -1.13. The van der Waals surface area contributed by atoms with E-state index in [1.54, 1.807) is 11.0 Å². The van der Waals surface area contributed by atoms with E-state index in [2.05, 4.69) is 0 Å². The van der Waals surface area contributed by atoms with Crippen molar-refractivity contribution in [1.82, 2.24) is 14.7 Å². The number of rotatable bonds is 5. The van der Waals surface area contributed by atoms with E-state index < -0.39 is 11.4 Å². The quantitative estimate of drug-likeness (QED) is 0.737. The van der Waals surface area contributed by atoms with Crippen LogP contribution in [0.5, 0.6) is 0 Å². The number of hydrogen-bond donors (Lipinski definition) is 0. The van der Waals surface area contributed by atoms with Crippen molar-refractivity contribution in [2.45, 2.75) is 11.5 Å². The summed E-state index contributed by atoms with van der Waals surface area (Å²) in [5.74, 6) is -1.01. The highest BCUT2D eigenvalue weighted by molar-refractivity contribution is 5.96. The molecule has 1 spiro atoms. The lowest BCUT2D eigenvalue weighted by molar-refractivity contribution is -0.159. The van der Waals surface area contributed by atoms with Crippen molar-refractivity contribution in [3.8, 4) is 0 Å². The van der Waals surface area contributed by atoms with Crippen LogP contribution >= 0.6 is 0 Å². The molecule has 0 N–H and O–H groups in total. The molecule has 164 valence electrons. The number of likely N-dealkylation sites (N-methyl/N-ethyl adjacent to an activating group) is 1. The maximum Gasteiger partial charge on any atom is 0.257 e. The molecule has 0 bridgehead atoms. The number of benzene rings is 2. The number of nitrogens with zero attached hydrogens (tertiary/aromatic N) is 3. The van der Waals surface area contributed by atoms with Crippen LogP contribution in [0.1, 0.15) is 21.8 Å². The topological polar surface area (TPSA) is 53.1 Å². The summed E-state index contributed by atoms with van der Waals surface area (Å²) in [5, 5.41) is 0. The summed E-state index contributed by atoms with van der Waals surface area (Å²) >= 11 is 0. The van der Waals surface area contributed by atoms with E-state index in [0.717, 1.165) is 12.1 Å². The van der Waals surface area contributed by atoms with Crippen molar-refractivity contribution >= 4 is 11.8 Å². The minimum absolute atomic E-state index is 0.0834. The first-order valence-corrected chi connectivity index (χ1v) is 10.6. The fourth-order valence-corrected chi connectivity index (χ4v) is 4.50. The maximum absolute atomic E-state index is 13.7. The van der Waals surface area contributed by atoms with E-state index in [0.29, 0.717) is 19.6 Å². The lowest BCUT2D eigenvalue weighted by Crippen LogP contribution is -2.59. The summed E-state index contributed by atoms with van der Waals surface area (Å²) in [6.07, 6.45) is 0. The van der Waals surface area contributed by atoms with Gasteiger partial charge in [-0.2, -0.15) is 0 Å². The molecule has 0 aromatic heterocycles. The number of halogens is 1. The van der Waals surface area contributed by atoms with Gasteiger partial charge in [0.05, 0.1) is 13.2 Å². The fraction of sp³-hybridized carbons (Fsp3) is 0.417. The standard InChI is InChI=1S/C24H28FN3O3/c1-26(2)11-12-27-16-21(18-7-4-3-5-8-18)24(23(27)30)17-28(13-14-31-24)22(29)19-9-6-10-20(25)15-19/h3-10,15,21H,11-14,16-17H2,1-2H3. The molecule has 2 aromatic rings. The van der Waals surface area contributed by atoms with Crippen molar-refractivity contribution in [1.29, 1.82) is 0 Å². The lowest BCUT2D eigenvalue weighted by atomic mass is 9.83. The van der Waals surface area contributed by atoms with Crippen LogP contribution in [0.2, 0.25) is 0 Å². The lowest BCUT2D eigenvalue weighted by Gasteiger charge is -2.42. The van der Waals surface area contributed by atoms with E-state index in [1.165, 1.54) is 18.2 Å². The van der Waals surface area contributed by atoms with Gasteiger partial charge < -0.3 is 19.4 Å². The molecule has 2 heterocycles. The van der Waals surface area contributed by atoms with Crippen LogP contribution in [-0.4, -0.2) is 85.5 Å². The third-order valence-corrected chi connectivity index (χ3v) is 6.14. The summed E-state index contributed by atoms with van der Waals surface area (Å²) in [6.45, 7) is 2.66. The second kappa shape index (κ2) is 8.77. The van der Waals surface area contributed by atoms with Gasteiger partial charge in [0.15, 0.2) is 5.60 Å². The molecule has 0 aliphatic carbocycles. The maximum atomic E-state index is 13.7. The van der Waals surface area contributed by atoms with Gasteiger partial charge in [0.25, 0.3) is 11.8 Å². The number of ether oxygens (including phenoxy) is 1. The van der Waals surface area contributed by atoms with Gasteiger partial charge in [-0.1, -0.05) is 36.4 Å². The third-order valence-electron chi connectivity index (χ3n) is 6.14. The van der Waals surface area contributed by atoms with Gasteiger partial charge in [0.2, 0.25) is 0 Å². The zero-order valence-electron chi connectivity index (χ0n) is 18.0. The predicted octanol–water partition coefficient (Wildman–Crippen LogP) is 2.22. The molecule has 2 amide bonds. The van der Waals surface area contributed by atoms with Crippen LogP contribution in [0, 0.1) is 5.82 Å². The van der Waals surface area contributed by atoms with E-state index in [9.17, 15) is 14.0 Å². The van der Waals surface area contributed by atoms with E-state index in [4.69, 9.17) is 4.74 Å². The van der Waals surface area contributed by atoms with Crippen molar-refractivity contribution in [2.24, 2.45) is 0 Å². The molecule has 31 heavy (non-hydrogen) atoms. The largest absolute Gasteiger partial charge is 0.361 e. The number of amides is 2. The van der Waals surface area contributed by atoms with E-state index >= 15 is 0 Å². The Balaban J connectivity index is 1.65. The zero-order valence-corrected chi connectivity index (χ0v) is 18.0. The second-order valence-electron chi connectivity index (χ2n) is 8.49. The van der Waals surface area contributed by atoms with Crippen LogP contribution in [0.4, 0.5) is 4.39 Å². The first-order valence-electron chi connectivity index (χ1n) is 10.6. The highest BCUT2D eigenvalue weighted by Crippen LogP contribution is 2.42. The number of carbonyl (C=O) groups excluding carboxylic acids is 2. The Morgan fingerprint density at radius 2 is 1.97 bits per heavy atom. The molecule has 2 fully saturated rings. The molecule has 2 aromatic carbocycles. The zero-order chi connectivity index (χ0) is 22.0. The van der Waals surface area contributed by atoms with Gasteiger partial charge in [0, 0.05) is 37.7 Å². The Bertz CT molecular complexity index is 952. The summed E-state index contributed by atoms with van der Waals surface area (Å²) in [7, 11) is 3.95. The molecule has 6 nitrogen and oxygen atoms in total. The molecular formula is C24H28FN3O3. The first kappa shape index (κ1) is 21.5. The molecule has 2 aliphatic rings. The average Bonchev–Trinajstić information content (AvgIpc) is 3.03. The number of carbonyl (C=O) groups is 2. The van der Waals surface area contributed by atoms with Crippen LogP contribution in [-0.2, 0) is 9.53 Å².